The van der Waals surface area contributed by atoms with E-state index in [0.717, 1.165) is 66.7 Å². The lowest BCUT2D eigenvalue weighted by atomic mass is 10.0. The Bertz CT molecular complexity index is 1260. The van der Waals surface area contributed by atoms with Crippen LogP contribution in [0.25, 0.3) is 11.6 Å². The van der Waals surface area contributed by atoms with Gasteiger partial charge in [-0.25, -0.2) is 0 Å². The molecule has 1 amide bonds. The van der Waals surface area contributed by atoms with Gasteiger partial charge in [-0.15, -0.1) is 0 Å². The normalized spacial score (nSPS) is 17.7. The van der Waals surface area contributed by atoms with Crippen molar-refractivity contribution in [2.24, 2.45) is 7.05 Å². The van der Waals surface area contributed by atoms with Crippen molar-refractivity contribution in [3.05, 3.63) is 67.9 Å². The lowest BCUT2D eigenvalue weighted by Gasteiger charge is -2.26. The van der Waals surface area contributed by atoms with Crippen molar-refractivity contribution in [2.75, 3.05) is 31.6 Å². The highest BCUT2D eigenvalue weighted by Gasteiger charge is 2.25. The predicted molar refractivity (Wildman–Crippen MR) is 124 cm³/mol. The van der Waals surface area contributed by atoms with E-state index in [1.54, 1.807) is 0 Å². The molecule has 0 aliphatic carbocycles. The first-order chi connectivity index (χ1) is 15.5. The van der Waals surface area contributed by atoms with Crippen molar-refractivity contribution < 1.29 is 14.6 Å². The fourth-order valence-electron chi connectivity index (χ4n) is 4.14. The minimum Gasteiger partial charge on any atom is -0.494 e. The molecule has 2 aromatic heterocycles. The second kappa shape index (κ2) is 8.42. The van der Waals surface area contributed by atoms with Gasteiger partial charge >= 0.3 is 4.87 Å². The number of carbonyl (C=O) groups excluding carboxylic acids is 1. The molecule has 3 aromatic rings. The second-order valence-electron chi connectivity index (χ2n) is 8.04. The van der Waals surface area contributed by atoms with Gasteiger partial charge in [-0.05, 0) is 35.9 Å². The molecule has 8 nitrogen and oxygen atoms in total. The second-order valence-corrected chi connectivity index (χ2v) is 8.86. The van der Waals surface area contributed by atoms with Gasteiger partial charge in [-0.3, -0.25) is 19.1 Å². The molecule has 166 valence electrons. The largest absolute Gasteiger partial charge is 0.494 e. The quantitative estimate of drug-likeness (QED) is 0.580. The molecule has 0 spiro atoms. The van der Waals surface area contributed by atoms with E-state index in [-0.39, 0.29) is 23.2 Å². The molecular weight excluding hydrogens is 428 g/mol. The number of fused-ring (bicyclic) bond motifs is 1. The zero-order valence-electron chi connectivity index (χ0n) is 17.7. The van der Waals surface area contributed by atoms with Crippen molar-refractivity contribution >= 4 is 34.6 Å². The first kappa shape index (κ1) is 20.7. The van der Waals surface area contributed by atoms with Crippen LogP contribution in [0.5, 0.6) is 5.88 Å². The van der Waals surface area contributed by atoms with E-state index in [4.69, 9.17) is 4.74 Å². The maximum atomic E-state index is 12.7. The van der Waals surface area contributed by atoms with E-state index in [1.165, 1.54) is 15.6 Å². The Kier molecular flexibility index (Phi) is 5.46. The Hall–Kier alpha value is -3.14. The van der Waals surface area contributed by atoms with Crippen LogP contribution in [0.4, 0.5) is 5.69 Å². The predicted octanol–water partition coefficient (Wildman–Crippen LogP) is 2.33. The zero-order chi connectivity index (χ0) is 22.2. The van der Waals surface area contributed by atoms with Crippen LogP contribution in [0.3, 0.4) is 0 Å². The minimum atomic E-state index is -0.218. The fourth-order valence-corrected chi connectivity index (χ4v) is 4.76. The summed E-state index contributed by atoms with van der Waals surface area (Å²) in [6.07, 6.45) is 1.90. The minimum absolute atomic E-state index is 0.0536. The van der Waals surface area contributed by atoms with Gasteiger partial charge in [-0.1, -0.05) is 17.4 Å². The highest BCUT2D eigenvalue weighted by atomic mass is 32.1. The van der Waals surface area contributed by atoms with Gasteiger partial charge < -0.3 is 19.7 Å². The van der Waals surface area contributed by atoms with Crippen molar-refractivity contribution in [1.29, 1.82) is 0 Å². The number of rotatable bonds is 5. The number of hydrogen-bond acceptors (Lipinski definition) is 6. The molecule has 9 heteroatoms. The van der Waals surface area contributed by atoms with Crippen molar-refractivity contribution in [1.82, 2.24) is 14.0 Å². The summed E-state index contributed by atoms with van der Waals surface area (Å²) in [5.41, 5.74) is 5.09. The standard InChI is InChI=1S/C23H24N4O4S/c1-25-16(3-4-17(25)13-26-6-8-31-9-7-26)11-19-18-10-15(2-5-20(18)24-22(19)29)12-27-21(28)14-32-23(27)30/h2-5,10-11,14,28H,6-9,12-13H2,1H3,(H,24,29). The summed E-state index contributed by atoms with van der Waals surface area (Å²) < 4.78 is 8.85. The molecule has 5 rings (SSSR count). The van der Waals surface area contributed by atoms with Crippen LogP contribution in [0.2, 0.25) is 0 Å². The number of amides is 1. The van der Waals surface area contributed by atoms with Gasteiger partial charge in [0.1, 0.15) is 0 Å². The Morgan fingerprint density at radius 2 is 1.97 bits per heavy atom. The molecule has 2 aliphatic rings. The van der Waals surface area contributed by atoms with Crippen LogP contribution in [0.15, 0.2) is 40.5 Å². The van der Waals surface area contributed by atoms with E-state index >= 15 is 0 Å². The summed E-state index contributed by atoms with van der Waals surface area (Å²) in [4.78, 5) is 26.8. The third-order valence-corrected chi connectivity index (χ3v) is 6.77. The Balaban J connectivity index is 1.43. The molecule has 1 aromatic carbocycles. The summed E-state index contributed by atoms with van der Waals surface area (Å²) in [5, 5.41) is 14.2. The van der Waals surface area contributed by atoms with Crippen molar-refractivity contribution in [2.45, 2.75) is 13.1 Å². The Labute approximate surface area is 189 Å². The number of anilines is 1. The molecule has 4 heterocycles. The number of nitrogens with zero attached hydrogens (tertiary/aromatic N) is 3. The van der Waals surface area contributed by atoms with E-state index in [9.17, 15) is 14.7 Å². The molecule has 2 aliphatic heterocycles. The van der Waals surface area contributed by atoms with Gasteiger partial charge in [-0.2, -0.15) is 0 Å². The molecule has 32 heavy (non-hydrogen) atoms. The van der Waals surface area contributed by atoms with E-state index < -0.39 is 0 Å². The van der Waals surface area contributed by atoms with E-state index in [0.29, 0.717) is 5.57 Å². The molecule has 1 saturated heterocycles. The number of hydrogen-bond donors (Lipinski definition) is 2. The average Bonchev–Trinajstić information content (AvgIpc) is 3.41. The number of aromatic nitrogens is 2. The first-order valence-corrected chi connectivity index (χ1v) is 11.4. The van der Waals surface area contributed by atoms with Gasteiger partial charge in [0.15, 0.2) is 0 Å². The fraction of sp³-hybridized carbons (Fsp3) is 0.304. The van der Waals surface area contributed by atoms with Crippen LogP contribution in [-0.2, 0) is 29.7 Å². The average molecular weight is 453 g/mol. The SMILES string of the molecule is Cn1c(C=C2C(=O)Nc3ccc(Cn4c(O)csc4=O)cc32)ccc1CN1CCOCC1. The van der Waals surface area contributed by atoms with Crippen LogP contribution in [0.1, 0.15) is 22.5 Å². The number of benzene rings is 1. The van der Waals surface area contributed by atoms with Gasteiger partial charge in [0, 0.05) is 49.3 Å². The number of ether oxygens (including phenoxy) is 1. The molecule has 0 radical (unpaired) electrons. The maximum absolute atomic E-state index is 12.7. The number of carbonyl (C=O) groups is 1. The lowest BCUT2D eigenvalue weighted by Crippen LogP contribution is -2.36. The monoisotopic (exact) mass is 452 g/mol. The van der Waals surface area contributed by atoms with Crippen molar-refractivity contribution in [3.63, 3.8) is 0 Å². The summed E-state index contributed by atoms with van der Waals surface area (Å²) in [6.45, 7) is 4.45. The van der Waals surface area contributed by atoms with E-state index in [2.05, 4.69) is 20.9 Å². The van der Waals surface area contributed by atoms with Crippen LogP contribution in [0, 0.1) is 0 Å². The molecule has 0 atom stereocenters. The third kappa shape index (κ3) is 3.90. The first-order valence-electron chi connectivity index (χ1n) is 10.5. The van der Waals surface area contributed by atoms with Gasteiger partial charge in [0.2, 0.25) is 5.88 Å². The molecule has 2 N–H and O–H groups in total. The molecule has 0 unspecified atom stereocenters. The zero-order valence-corrected chi connectivity index (χ0v) is 18.5. The number of nitrogens with one attached hydrogen (secondary N) is 1. The summed E-state index contributed by atoms with van der Waals surface area (Å²) in [5.74, 6) is -0.203. The summed E-state index contributed by atoms with van der Waals surface area (Å²) in [7, 11) is 2.01. The summed E-state index contributed by atoms with van der Waals surface area (Å²) >= 11 is 0.961. The lowest BCUT2D eigenvalue weighted by molar-refractivity contribution is -0.110. The smallest absolute Gasteiger partial charge is 0.310 e. The molecule has 0 bridgehead atoms. The van der Waals surface area contributed by atoms with Crippen LogP contribution >= 0.6 is 11.3 Å². The summed E-state index contributed by atoms with van der Waals surface area (Å²) in [6, 6.07) is 9.72. The molecule has 1 fully saturated rings. The van der Waals surface area contributed by atoms with Crippen LogP contribution in [-0.4, -0.2) is 51.4 Å². The van der Waals surface area contributed by atoms with Gasteiger partial charge in [0.05, 0.1) is 30.7 Å². The molecular formula is C23H24N4O4S. The number of aromatic hydroxyl groups is 1. The number of thiazole rings is 1. The highest BCUT2D eigenvalue weighted by Crippen LogP contribution is 2.34. The van der Waals surface area contributed by atoms with Crippen LogP contribution < -0.4 is 10.2 Å². The topological polar surface area (TPSA) is 88.7 Å². The third-order valence-electron chi connectivity index (χ3n) is 6.02. The Morgan fingerprint density at radius 3 is 2.72 bits per heavy atom. The van der Waals surface area contributed by atoms with E-state index in [1.807, 2.05) is 37.4 Å². The Morgan fingerprint density at radius 1 is 1.16 bits per heavy atom. The van der Waals surface area contributed by atoms with Crippen molar-refractivity contribution in [3.8, 4) is 5.88 Å². The highest BCUT2D eigenvalue weighted by molar-refractivity contribution is 7.07. The number of morpholine rings is 1. The van der Waals surface area contributed by atoms with Gasteiger partial charge in [0.25, 0.3) is 5.91 Å². The molecule has 0 saturated carbocycles. The maximum Gasteiger partial charge on any atom is 0.310 e.